The summed E-state index contributed by atoms with van der Waals surface area (Å²) < 4.78 is 28.0. The van der Waals surface area contributed by atoms with Crippen LogP contribution in [-0.4, -0.2) is 26.3 Å². The van der Waals surface area contributed by atoms with E-state index in [2.05, 4.69) is 20.7 Å². The van der Waals surface area contributed by atoms with Crippen LogP contribution in [0.3, 0.4) is 0 Å². The van der Waals surface area contributed by atoms with Gasteiger partial charge in [0.2, 0.25) is 0 Å². The van der Waals surface area contributed by atoms with Gasteiger partial charge in [-0.25, -0.2) is 4.79 Å². The van der Waals surface area contributed by atoms with Crippen LogP contribution in [0.5, 0.6) is 0 Å². The molecule has 1 aromatic carbocycles. The molecule has 0 radical (unpaired) electrons. The molecule has 21 heavy (non-hydrogen) atoms. The largest absolute Gasteiger partial charge is 0.465 e. The standard InChI is InChI=1S/C14H18BrO5P/c1-4-19-21(17,20-5-2)7-6-11-8-12(14(16)18-3)10-13(15)9-11/h6-10H,4-5H2,1-3H3/b7-6+. The summed E-state index contributed by atoms with van der Waals surface area (Å²) in [6, 6.07) is 5.06. The molecule has 0 aromatic heterocycles. The van der Waals surface area contributed by atoms with E-state index < -0.39 is 13.6 Å². The highest BCUT2D eigenvalue weighted by atomic mass is 79.9. The zero-order valence-electron chi connectivity index (χ0n) is 12.2. The van der Waals surface area contributed by atoms with Gasteiger partial charge < -0.3 is 13.8 Å². The Morgan fingerprint density at radius 2 is 1.86 bits per heavy atom. The number of hydrogen-bond acceptors (Lipinski definition) is 5. The Morgan fingerprint density at radius 3 is 2.38 bits per heavy atom. The number of methoxy groups -OCH3 is 1. The molecule has 0 saturated heterocycles. The summed E-state index contributed by atoms with van der Waals surface area (Å²) in [4.78, 5) is 11.6. The van der Waals surface area contributed by atoms with E-state index in [0.717, 1.165) is 0 Å². The SMILES string of the molecule is CCOP(=O)(/C=C/c1cc(Br)cc(C(=O)OC)c1)OCC. The van der Waals surface area contributed by atoms with Crippen LogP contribution in [0.2, 0.25) is 0 Å². The molecule has 0 atom stereocenters. The second-order valence-corrected chi connectivity index (χ2v) is 6.77. The van der Waals surface area contributed by atoms with Crippen molar-refractivity contribution >= 4 is 35.6 Å². The monoisotopic (exact) mass is 376 g/mol. The number of carbonyl (C=O) groups is 1. The molecule has 0 fully saturated rings. The maximum absolute atomic E-state index is 12.3. The fourth-order valence-electron chi connectivity index (χ4n) is 1.60. The Bertz CT molecular complexity index is 560. The van der Waals surface area contributed by atoms with Crippen molar-refractivity contribution in [1.82, 2.24) is 0 Å². The lowest BCUT2D eigenvalue weighted by Gasteiger charge is -2.12. The van der Waals surface area contributed by atoms with Crippen LogP contribution in [0.15, 0.2) is 28.5 Å². The van der Waals surface area contributed by atoms with Crippen LogP contribution < -0.4 is 0 Å². The van der Waals surface area contributed by atoms with Crippen LogP contribution in [-0.2, 0) is 18.3 Å². The number of rotatable bonds is 7. The van der Waals surface area contributed by atoms with Crippen LogP contribution in [0.4, 0.5) is 0 Å². The minimum atomic E-state index is -3.26. The molecule has 0 N–H and O–H groups in total. The van der Waals surface area contributed by atoms with Gasteiger partial charge in [0, 0.05) is 10.3 Å². The topological polar surface area (TPSA) is 61.8 Å². The smallest absolute Gasteiger partial charge is 0.354 e. The molecule has 0 saturated carbocycles. The summed E-state index contributed by atoms with van der Waals surface area (Å²) in [5.74, 6) is 0.951. The predicted molar refractivity (Wildman–Crippen MR) is 85.4 cm³/mol. The van der Waals surface area contributed by atoms with E-state index in [4.69, 9.17) is 9.05 Å². The first-order valence-corrected chi connectivity index (χ1v) is 8.81. The molecule has 116 valence electrons. The predicted octanol–water partition coefficient (Wildman–Crippen LogP) is 4.47. The Morgan fingerprint density at radius 1 is 1.24 bits per heavy atom. The minimum absolute atomic E-state index is 0.285. The highest BCUT2D eigenvalue weighted by Crippen LogP contribution is 2.50. The fraction of sp³-hybridized carbons (Fsp3) is 0.357. The van der Waals surface area contributed by atoms with Gasteiger partial charge in [-0.1, -0.05) is 15.9 Å². The van der Waals surface area contributed by atoms with Gasteiger partial charge in [-0.15, -0.1) is 0 Å². The van der Waals surface area contributed by atoms with E-state index in [1.165, 1.54) is 12.9 Å². The molecular formula is C14H18BrO5P. The van der Waals surface area contributed by atoms with E-state index in [1.807, 2.05) is 0 Å². The Hall–Kier alpha value is -0.940. The lowest BCUT2D eigenvalue weighted by atomic mass is 10.1. The molecule has 0 amide bonds. The first kappa shape index (κ1) is 18.1. The molecule has 0 aliphatic carbocycles. The second kappa shape index (κ2) is 8.49. The molecule has 5 nitrogen and oxygen atoms in total. The van der Waals surface area contributed by atoms with Crippen molar-refractivity contribution in [1.29, 1.82) is 0 Å². The Balaban J connectivity index is 3.05. The molecule has 0 bridgehead atoms. The van der Waals surface area contributed by atoms with E-state index in [-0.39, 0.29) is 13.2 Å². The molecule has 7 heteroatoms. The summed E-state index contributed by atoms with van der Waals surface area (Å²) in [7, 11) is -1.94. The maximum atomic E-state index is 12.3. The summed E-state index contributed by atoms with van der Waals surface area (Å²) in [6.45, 7) is 4.06. The summed E-state index contributed by atoms with van der Waals surface area (Å²) in [5, 5.41) is 0. The molecular weight excluding hydrogens is 359 g/mol. The average Bonchev–Trinajstić information content (AvgIpc) is 2.44. The fourth-order valence-corrected chi connectivity index (χ4v) is 3.44. The lowest BCUT2D eigenvalue weighted by Crippen LogP contribution is -2.01. The summed E-state index contributed by atoms with van der Waals surface area (Å²) >= 11 is 3.32. The van der Waals surface area contributed by atoms with Gasteiger partial charge in [0.05, 0.1) is 25.9 Å². The van der Waals surface area contributed by atoms with Crippen molar-refractivity contribution in [2.45, 2.75) is 13.8 Å². The zero-order chi connectivity index (χ0) is 15.9. The lowest BCUT2D eigenvalue weighted by molar-refractivity contribution is 0.0600. The van der Waals surface area contributed by atoms with Gasteiger partial charge in [0.25, 0.3) is 0 Å². The molecule has 0 spiro atoms. The summed E-state index contributed by atoms with van der Waals surface area (Å²) in [5.41, 5.74) is 1.08. The molecule has 1 aromatic rings. The van der Waals surface area contributed by atoms with E-state index in [9.17, 15) is 9.36 Å². The van der Waals surface area contributed by atoms with Crippen LogP contribution in [0, 0.1) is 0 Å². The molecule has 0 aliphatic rings. The van der Waals surface area contributed by atoms with Gasteiger partial charge in [0.15, 0.2) is 0 Å². The van der Waals surface area contributed by atoms with Gasteiger partial charge in [-0.05, 0) is 43.7 Å². The van der Waals surface area contributed by atoms with Crippen molar-refractivity contribution in [3.8, 4) is 0 Å². The Labute approximate surface area is 132 Å². The van der Waals surface area contributed by atoms with E-state index >= 15 is 0 Å². The van der Waals surface area contributed by atoms with Crippen molar-refractivity contribution in [3.63, 3.8) is 0 Å². The second-order valence-electron chi connectivity index (χ2n) is 3.96. The molecule has 0 unspecified atom stereocenters. The number of esters is 1. The number of ether oxygens (including phenoxy) is 1. The minimum Gasteiger partial charge on any atom is -0.465 e. The quantitative estimate of drug-likeness (QED) is 0.518. The van der Waals surface area contributed by atoms with Crippen LogP contribution >= 0.6 is 23.5 Å². The number of halogens is 1. The maximum Gasteiger partial charge on any atom is 0.354 e. The van der Waals surface area contributed by atoms with Gasteiger partial charge in [-0.3, -0.25) is 4.57 Å². The van der Waals surface area contributed by atoms with Crippen molar-refractivity contribution in [2.24, 2.45) is 0 Å². The first-order chi connectivity index (χ1) is 9.94. The van der Waals surface area contributed by atoms with Gasteiger partial charge >= 0.3 is 13.6 Å². The molecule has 0 heterocycles. The summed E-state index contributed by atoms with van der Waals surface area (Å²) in [6.07, 6.45) is 1.60. The van der Waals surface area contributed by atoms with Crippen LogP contribution in [0.1, 0.15) is 29.8 Å². The van der Waals surface area contributed by atoms with Crippen molar-refractivity contribution < 1.29 is 23.1 Å². The van der Waals surface area contributed by atoms with E-state index in [0.29, 0.717) is 15.6 Å². The third kappa shape index (κ3) is 5.75. The van der Waals surface area contributed by atoms with Gasteiger partial charge in [0.1, 0.15) is 0 Å². The average molecular weight is 377 g/mol. The Kier molecular flexibility index (Phi) is 7.32. The first-order valence-electron chi connectivity index (χ1n) is 6.41. The van der Waals surface area contributed by atoms with Crippen LogP contribution in [0.25, 0.3) is 6.08 Å². The van der Waals surface area contributed by atoms with Crippen molar-refractivity contribution in [2.75, 3.05) is 20.3 Å². The molecule has 1 rings (SSSR count). The molecule has 0 aliphatic heterocycles. The number of carbonyl (C=O) groups excluding carboxylic acids is 1. The van der Waals surface area contributed by atoms with E-state index in [1.54, 1.807) is 38.1 Å². The van der Waals surface area contributed by atoms with Crippen molar-refractivity contribution in [3.05, 3.63) is 39.6 Å². The highest BCUT2D eigenvalue weighted by Gasteiger charge is 2.18. The third-order valence-corrected chi connectivity index (χ3v) is 4.62. The third-order valence-electron chi connectivity index (χ3n) is 2.41. The van der Waals surface area contributed by atoms with Gasteiger partial charge in [-0.2, -0.15) is 0 Å². The normalized spacial score (nSPS) is 11.8. The zero-order valence-corrected chi connectivity index (χ0v) is 14.6. The highest BCUT2D eigenvalue weighted by molar-refractivity contribution is 9.10. The number of hydrogen-bond donors (Lipinski definition) is 0. The number of benzene rings is 1.